The molecule has 3 nitrogen and oxygen atoms in total. The molecular weight excluding hydrogens is 258 g/mol. The smallest absolute Gasteiger partial charge is 0.256 e. The highest BCUT2D eigenvalue weighted by Crippen LogP contribution is 2.23. The highest BCUT2D eigenvalue weighted by atomic mass is 79.9. The van der Waals surface area contributed by atoms with Gasteiger partial charge in [-0.05, 0) is 18.2 Å². The van der Waals surface area contributed by atoms with E-state index in [0.717, 1.165) is 4.47 Å². The van der Waals surface area contributed by atoms with Crippen LogP contribution in [-0.4, -0.2) is 11.1 Å². The average Bonchev–Trinajstić information content (AvgIpc) is 2.14. The zero-order chi connectivity index (χ0) is 11.6. The summed E-state index contributed by atoms with van der Waals surface area (Å²) in [6, 6.07) is 6.95. The normalized spacial score (nSPS) is 11.3. The number of benzene rings is 1. The van der Waals surface area contributed by atoms with Gasteiger partial charge in [0.05, 0.1) is 5.69 Å². The zero-order valence-electron chi connectivity index (χ0n) is 8.99. The van der Waals surface area contributed by atoms with E-state index in [1.165, 1.54) is 0 Å². The van der Waals surface area contributed by atoms with Gasteiger partial charge in [0, 0.05) is 9.89 Å². The van der Waals surface area contributed by atoms with Gasteiger partial charge in [0.15, 0.2) is 0 Å². The maximum Gasteiger partial charge on any atom is 0.256 e. The van der Waals surface area contributed by atoms with Crippen LogP contribution in [0.2, 0.25) is 0 Å². The molecule has 0 bridgehead atoms. The molecule has 15 heavy (non-hydrogen) atoms. The standard InChI is InChI=1S/C11H14BrNO2/c1-11(2,3)10(14)13(15)9-6-4-5-8(12)7-9/h4-7,15H,1-3H3. The van der Waals surface area contributed by atoms with Gasteiger partial charge in [-0.2, -0.15) is 5.06 Å². The van der Waals surface area contributed by atoms with Crippen molar-refractivity contribution in [3.8, 4) is 0 Å². The molecule has 1 aromatic carbocycles. The van der Waals surface area contributed by atoms with Gasteiger partial charge in [-0.25, -0.2) is 0 Å². The van der Waals surface area contributed by atoms with Crippen LogP contribution in [0.1, 0.15) is 20.8 Å². The summed E-state index contributed by atoms with van der Waals surface area (Å²) in [5.74, 6) is -0.333. The van der Waals surface area contributed by atoms with Crippen LogP contribution in [0.3, 0.4) is 0 Å². The van der Waals surface area contributed by atoms with Crippen molar-refractivity contribution in [3.05, 3.63) is 28.7 Å². The van der Waals surface area contributed by atoms with Crippen molar-refractivity contribution < 1.29 is 10.0 Å². The number of carbonyl (C=O) groups is 1. The number of hydrogen-bond donors (Lipinski definition) is 1. The lowest BCUT2D eigenvalue weighted by Gasteiger charge is -2.23. The summed E-state index contributed by atoms with van der Waals surface area (Å²) in [4.78, 5) is 11.7. The van der Waals surface area contributed by atoms with Crippen molar-refractivity contribution in [2.75, 3.05) is 5.06 Å². The van der Waals surface area contributed by atoms with Crippen LogP contribution < -0.4 is 5.06 Å². The van der Waals surface area contributed by atoms with Gasteiger partial charge in [0.25, 0.3) is 5.91 Å². The molecule has 0 heterocycles. The first-order valence-corrected chi connectivity index (χ1v) is 5.40. The SMILES string of the molecule is CC(C)(C)C(=O)N(O)c1cccc(Br)c1. The lowest BCUT2D eigenvalue weighted by atomic mass is 9.95. The minimum absolute atomic E-state index is 0.333. The highest BCUT2D eigenvalue weighted by Gasteiger charge is 2.27. The Hall–Kier alpha value is -0.870. The van der Waals surface area contributed by atoms with Crippen molar-refractivity contribution in [1.82, 2.24) is 0 Å². The van der Waals surface area contributed by atoms with E-state index in [2.05, 4.69) is 15.9 Å². The zero-order valence-corrected chi connectivity index (χ0v) is 10.6. The number of halogens is 1. The van der Waals surface area contributed by atoms with E-state index in [9.17, 15) is 10.0 Å². The quantitative estimate of drug-likeness (QED) is 0.630. The van der Waals surface area contributed by atoms with Crippen LogP contribution in [0.15, 0.2) is 28.7 Å². The molecule has 0 unspecified atom stereocenters. The third-order valence-electron chi connectivity index (χ3n) is 1.89. The summed E-state index contributed by atoms with van der Waals surface area (Å²) in [6.07, 6.45) is 0. The second-order valence-corrected chi connectivity index (χ2v) is 5.26. The summed E-state index contributed by atoms with van der Waals surface area (Å²) < 4.78 is 0.820. The number of carbonyl (C=O) groups excluding carboxylic acids is 1. The molecule has 0 atom stereocenters. The molecule has 0 radical (unpaired) electrons. The van der Waals surface area contributed by atoms with Crippen LogP contribution in [0, 0.1) is 5.41 Å². The predicted octanol–water partition coefficient (Wildman–Crippen LogP) is 3.22. The van der Waals surface area contributed by atoms with Gasteiger partial charge in [0.1, 0.15) is 0 Å². The minimum atomic E-state index is -0.600. The number of hydrogen-bond acceptors (Lipinski definition) is 2. The minimum Gasteiger partial charge on any atom is -0.281 e. The predicted molar refractivity (Wildman–Crippen MR) is 62.9 cm³/mol. The Bertz CT molecular complexity index is 371. The van der Waals surface area contributed by atoms with Gasteiger partial charge in [-0.3, -0.25) is 10.0 Å². The molecule has 0 spiro atoms. The van der Waals surface area contributed by atoms with Crippen LogP contribution in [0.25, 0.3) is 0 Å². The van der Waals surface area contributed by atoms with Gasteiger partial charge in [-0.15, -0.1) is 0 Å². The fourth-order valence-corrected chi connectivity index (χ4v) is 1.43. The second kappa shape index (κ2) is 4.33. The summed E-state index contributed by atoms with van der Waals surface area (Å²) in [5.41, 5.74) is -0.138. The molecule has 1 rings (SSSR count). The average molecular weight is 272 g/mol. The van der Waals surface area contributed by atoms with Crippen LogP contribution in [-0.2, 0) is 4.79 Å². The van der Waals surface area contributed by atoms with Crippen molar-refractivity contribution in [2.45, 2.75) is 20.8 Å². The monoisotopic (exact) mass is 271 g/mol. The Morgan fingerprint density at radius 2 is 2.00 bits per heavy atom. The Balaban J connectivity index is 2.95. The number of anilines is 1. The molecule has 1 aromatic rings. The Kier molecular flexibility index (Phi) is 3.52. The molecule has 0 saturated heterocycles. The molecular formula is C11H14BrNO2. The fourth-order valence-electron chi connectivity index (χ4n) is 1.04. The first-order chi connectivity index (χ1) is 6.82. The van der Waals surface area contributed by atoms with Crippen molar-refractivity contribution in [2.24, 2.45) is 5.41 Å². The molecule has 0 aliphatic carbocycles. The number of rotatable bonds is 1. The molecule has 82 valence electrons. The molecule has 0 saturated carbocycles. The van der Waals surface area contributed by atoms with Gasteiger partial charge in [0.2, 0.25) is 0 Å². The Morgan fingerprint density at radius 1 is 1.40 bits per heavy atom. The lowest BCUT2D eigenvalue weighted by molar-refractivity contribution is -0.131. The fraction of sp³-hybridized carbons (Fsp3) is 0.364. The van der Waals surface area contributed by atoms with E-state index >= 15 is 0 Å². The van der Waals surface area contributed by atoms with Crippen LogP contribution in [0.5, 0.6) is 0 Å². The third-order valence-corrected chi connectivity index (χ3v) is 2.38. The number of hydroxylamine groups is 1. The third kappa shape index (κ3) is 3.04. The van der Waals surface area contributed by atoms with Gasteiger partial charge < -0.3 is 0 Å². The van der Waals surface area contributed by atoms with E-state index in [1.54, 1.807) is 39.0 Å². The number of amides is 1. The summed E-state index contributed by atoms with van der Waals surface area (Å²) in [7, 11) is 0. The van der Waals surface area contributed by atoms with Crippen molar-refractivity contribution >= 4 is 27.5 Å². The molecule has 1 amide bonds. The lowest BCUT2D eigenvalue weighted by Crippen LogP contribution is -2.37. The summed E-state index contributed by atoms with van der Waals surface area (Å²) >= 11 is 3.28. The highest BCUT2D eigenvalue weighted by molar-refractivity contribution is 9.10. The maximum absolute atomic E-state index is 11.7. The molecule has 0 fully saturated rings. The first kappa shape index (κ1) is 12.2. The van der Waals surface area contributed by atoms with E-state index < -0.39 is 5.41 Å². The molecule has 0 aliphatic rings. The van der Waals surface area contributed by atoms with E-state index in [0.29, 0.717) is 10.8 Å². The van der Waals surface area contributed by atoms with Gasteiger partial charge >= 0.3 is 0 Å². The largest absolute Gasteiger partial charge is 0.281 e. The van der Waals surface area contributed by atoms with Crippen LogP contribution >= 0.6 is 15.9 Å². The molecule has 0 aromatic heterocycles. The van der Waals surface area contributed by atoms with E-state index in [-0.39, 0.29) is 5.91 Å². The molecule has 0 aliphatic heterocycles. The molecule has 1 N–H and O–H groups in total. The van der Waals surface area contributed by atoms with Crippen molar-refractivity contribution in [3.63, 3.8) is 0 Å². The molecule has 4 heteroatoms. The number of nitrogens with zero attached hydrogens (tertiary/aromatic N) is 1. The second-order valence-electron chi connectivity index (χ2n) is 4.35. The Labute approximate surface area is 97.8 Å². The van der Waals surface area contributed by atoms with E-state index in [1.807, 2.05) is 6.07 Å². The van der Waals surface area contributed by atoms with Crippen LogP contribution in [0.4, 0.5) is 5.69 Å². The van der Waals surface area contributed by atoms with Gasteiger partial charge in [-0.1, -0.05) is 42.8 Å². The maximum atomic E-state index is 11.7. The topological polar surface area (TPSA) is 40.5 Å². The van der Waals surface area contributed by atoms with E-state index in [4.69, 9.17) is 0 Å². The summed E-state index contributed by atoms with van der Waals surface area (Å²) in [5, 5.41) is 10.4. The first-order valence-electron chi connectivity index (χ1n) is 4.61. The Morgan fingerprint density at radius 3 is 2.47 bits per heavy atom. The van der Waals surface area contributed by atoms with Crippen molar-refractivity contribution in [1.29, 1.82) is 0 Å². The summed E-state index contributed by atoms with van der Waals surface area (Å²) in [6.45, 7) is 5.28.